The Bertz CT molecular complexity index is 295. The van der Waals surface area contributed by atoms with E-state index < -0.39 is 0 Å². The highest BCUT2D eigenvalue weighted by Crippen LogP contribution is 2.23. The first kappa shape index (κ1) is 13.6. The average molecular weight is 250 g/mol. The van der Waals surface area contributed by atoms with Gasteiger partial charge in [-0.15, -0.1) is 6.58 Å². The summed E-state index contributed by atoms with van der Waals surface area (Å²) in [5.74, 6) is 1.54. The fourth-order valence-corrected chi connectivity index (χ4v) is 3.11. The summed E-state index contributed by atoms with van der Waals surface area (Å²) in [6.45, 7) is 11.5. The molecule has 102 valence electrons. The van der Waals surface area contributed by atoms with Crippen LogP contribution in [0.15, 0.2) is 12.7 Å². The highest BCUT2D eigenvalue weighted by Gasteiger charge is 2.28. The number of piperidine rings is 1. The highest BCUT2D eigenvalue weighted by molar-refractivity contribution is 5.78. The van der Waals surface area contributed by atoms with Gasteiger partial charge in [0.25, 0.3) is 0 Å². The molecule has 2 heterocycles. The summed E-state index contributed by atoms with van der Waals surface area (Å²) >= 11 is 0. The van der Waals surface area contributed by atoms with Crippen molar-refractivity contribution in [2.24, 2.45) is 11.8 Å². The van der Waals surface area contributed by atoms with E-state index >= 15 is 0 Å². The van der Waals surface area contributed by atoms with Crippen LogP contribution >= 0.6 is 0 Å². The number of hydrogen-bond donors (Lipinski definition) is 0. The third-order valence-corrected chi connectivity index (χ3v) is 4.54. The number of nitrogens with zero attached hydrogens (tertiary/aromatic N) is 2. The van der Waals surface area contributed by atoms with Gasteiger partial charge in [0.2, 0.25) is 5.91 Å². The lowest BCUT2D eigenvalue weighted by atomic mass is 9.93. The van der Waals surface area contributed by atoms with Gasteiger partial charge in [0.15, 0.2) is 0 Å². The van der Waals surface area contributed by atoms with Crippen LogP contribution in [-0.2, 0) is 4.79 Å². The molecule has 2 aliphatic rings. The molecular formula is C15H26N2O. The summed E-state index contributed by atoms with van der Waals surface area (Å²) < 4.78 is 0. The minimum Gasteiger partial charge on any atom is -0.342 e. The maximum absolute atomic E-state index is 11.8. The van der Waals surface area contributed by atoms with Crippen LogP contribution in [0.3, 0.4) is 0 Å². The van der Waals surface area contributed by atoms with Gasteiger partial charge in [-0.2, -0.15) is 0 Å². The molecule has 0 saturated carbocycles. The van der Waals surface area contributed by atoms with Gasteiger partial charge >= 0.3 is 0 Å². The highest BCUT2D eigenvalue weighted by atomic mass is 16.2. The van der Waals surface area contributed by atoms with Crippen LogP contribution in [0.5, 0.6) is 0 Å². The van der Waals surface area contributed by atoms with E-state index in [9.17, 15) is 4.79 Å². The van der Waals surface area contributed by atoms with Crippen molar-refractivity contribution >= 4 is 5.91 Å². The van der Waals surface area contributed by atoms with Crippen molar-refractivity contribution in [3.05, 3.63) is 12.7 Å². The van der Waals surface area contributed by atoms with Crippen molar-refractivity contribution in [2.75, 3.05) is 32.7 Å². The number of hydrogen-bond acceptors (Lipinski definition) is 2. The molecule has 2 saturated heterocycles. The molecule has 3 nitrogen and oxygen atoms in total. The van der Waals surface area contributed by atoms with Gasteiger partial charge < -0.3 is 9.80 Å². The predicted octanol–water partition coefficient (Wildman–Crippen LogP) is 2.14. The molecule has 0 aromatic heterocycles. The molecule has 2 fully saturated rings. The molecule has 1 atom stereocenters. The summed E-state index contributed by atoms with van der Waals surface area (Å²) in [6.07, 6.45) is 6.41. The maximum atomic E-state index is 11.8. The van der Waals surface area contributed by atoms with E-state index in [0.717, 1.165) is 19.0 Å². The number of carbonyl (C=O) groups excluding carboxylic acids is 1. The van der Waals surface area contributed by atoms with Gasteiger partial charge in [0.1, 0.15) is 0 Å². The van der Waals surface area contributed by atoms with Crippen LogP contribution in [0.25, 0.3) is 0 Å². The number of amides is 1. The minimum atomic E-state index is 0.325. The fraction of sp³-hybridized carbons (Fsp3) is 0.800. The lowest BCUT2D eigenvalue weighted by molar-refractivity contribution is -0.127. The second-order valence-corrected chi connectivity index (χ2v) is 5.71. The Morgan fingerprint density at radius 3 is 2.67 bits per heavy atom. The summed E-state index contributed by atoms with van der Waals surface area (Å²) in [6, 6.07) is 0. The van der Waals surface area contributed by atoms with Crippen LogP contribution in [0.1, 0.15) is 32.6 Å². The van der Waals surface area contributed by atoms with Crippen molar-refractivity contribution < 1.29 is 4.79 Å². The SMILES string of the molecule is C=CC1CC(=O)N(CCC2CCN(CC)CC2)C1. The normalized spacial score (nSPS) is 26.8. The molecule has 2 aliphatic heterocycles. The molecular weight excluding hydrogens is 224 g/mol. The second-order valence-electron chi connectivity index (χ2n) is 5.71. The first-order valence-electron chi connectivity index (χ1n) is 7.35. The maximum Gasteiger partial charge on any atom is 0.223 e. The van der Waals surface area contributed by atoms with Crippen molar-refractivity contribution in [1.82, 2.24) is 9.80 Å². The van der Waals surface area contributed by atoms with Gasteiger partial charge in [-0.1, -0.05) is 13.0 Å². The van der Waals surface area contributed by atoms with Crippen LogP contribution < -0.4 is 0 Å². The Balaban J connectivity index is 1.69. The smallest absolute Gasteiger partial charge is 0.223 e. The van der Waals surface area contributed by atoms with Crippen LogP contribution in [0, 0.1) is 11.8 Å². The first-order valence-corrected chi connectivity index (χ1v) is 7.35. The van der Waals surface area contributed by atoms with Gasteiger partial charge in [-0.3, -0.25) is 4.79 Å². The third-order valence-electron chi connectivity index (χ3n) is 4.54. The van der Waals surface area contributed by atoms with Crippen LogP contribution in [-0.4, -0.2) is 48.4 Å². The Morgan fingerprint density at radius 2 is 2.11 bits per heavy atom. The Kier molecular flexibility index (Phi) is 4.81. The summed E-state index contributed by atoms with van der Waals surface area (Å²) in [5, 5.41) is 0. The van der Waals surface area contributed by atoms with Crippen LogP contribution in [0.2, 0.25) is 0 Å². The number of rotatable bonds is 5. The van der Waals surface area contributed by atoms with E-state index in [2.05, 4.69) is 18.4 Å². The molecule has 0 aromatic rings. The van der Waals surface area contributed by atoms with Gasteiger partial charge in [0.05, 0.1) is 0 Å². The zero-order valence-electron chi connectivity index (χ0n) is 11.6. The topological polar surface area (TPSA) is 23.6 Å². The van der Waals surface area contributed by atoms with E-state index in [0.29, 0.717) is 18.2 Å². The first-order chi connectivity index (χ1) is 8.72. The minimum absolute atomic E-state index is 0.325. The summed E-state index contributed by atoms with van der Waals surface area (Å²) in [4.78, 5) is 16.3. The van der Waals surface area contributed by atoms with Gasteiger partial charge in [-0.05, 0) is 44.8 Å². The summed E-state index contributed by atoms with van der Waals surface area (Å²) in [7, 11) is 0. The lowest BCUT2D eigenvalue weighted by Gasteiger charge is -2.31. The Morgan fingerprint density at radius 1 is 1.39 bits per heavy atom. The lowest BCUT2D eigenvalue weighted by Crippen LogP contribution is -2.35. The fourth-order valence-electron chi connectivity index (χ4n) is 3.11. The standard InChI is InChI=1S/C15H26N2O/c1-3-13-11-15(18)17(12-13)10-7-14-5-8-16(4-2)9-6-14/h3,13-14H,1,4-12H2,2H3. The molecule has 1 unspecified atom stereocenters. The quantitative estimate of drug-likeness (QED) is 0.698. The molecule has 0 aliphatic carbocycles. The van der Waals surface area contributed by atoms with Gasteiger partial charge in [-0.25, -0.2) is 0 Å². The molecule has 1 amide bonds. The number of likely N-dealkylation sites (tertiary alicyclic amines) is 2. The van der Waals surface area contributed by atoms with E-state index in [-0.39, 0.29) is 0 Å². The third kappa shape index (κ3) is 3.35. The summed E-state index contributed by atoms with van der Waals surface area (Å²) in [5.41, 5.74) is 0. The molecule has 18 heavy (non-hydrogen) atoms. The molecule has 0 spiro atoms. The molecule has 0 radical (unpaired) electrons. The molecule has 0 N–H and O–H groups in total. The predicted molar refractivity (Wildman–Crippen MR) is 74.3 cm³/mol. The van der Waals surface area contributed by atoms with Crippen molar-refractivity contribution in [3.63, 3.8) is 0 Å². The molecule has 0 bridgehead atoms. The second kappa shape index (κ2) is 6.37. The van der Waals surface area contributed by atoms with E-state index in [1.54, 1.807) is 0 Å². The monoisotopic (exact) mass is 250 g/mol. The zero-order chi connectivity index (χ0) is 13.0. The van der Waals surface area contributed by atoms with Crippen molar-refractivity contribution in [1.29, 1.82) is 0 Å². The molecule has 0 aromatic carbocycles. The molecule has 2 rings (SSSR count). The number of carbonyl (C=O) groups is 1. The average Bonchev–Trinajstić information content (AvgIpc) is 2.77. The van der Waals surface area contributed by atoms with Crippen molar-refractivity contribution in [2.45, 2.75) is 32.6 Å². The Hall–Kier alpha value is -0.830. The largest absolute Gasteiger partial charge is 0.342 e. The van der Waals surface area contributed by atoms with E-state index in [4.69, 9.17) is 0 Å². The van der Waals surface area contributed by atoms with Crippen LogP contribution in [0.4, 0.5) is 0 Å². The molecule has 3 heteroatoms. The van der Waals surface area contributed by atoms with E-state index in [1.165, 1.54) is 38.9 Å². The van der Waals surface area contributed by atoms with E-state index in [1.807, 2.05) is 11.0 Å². The van der Waals surface area contributed by atoms with Crippen molar-refractivity contribution in [3.8, 4) is 0 Å². The van der Waals surface area contributed by atoms with Gasteiger partial charge in [0, 0.05) is 25.4 Å². The Labute approximate surface area is 111 Å². The zero-order valence-corrected chi connectivity index (χ0v) is 11.6.